The summed E-state index contributed by atoms with van der Waals surface area (Å²) in [6, 6.07) is 5.28. The zero-order chi connectivity index (χ0) is 12.7. The van der Waals surface area contributed by atoms with Crippen LogP contribution >= 0.6 is 0 Å². The monoisotopic (exact) mass is 227 g/mol. The largest absolute Gasteiger partial charge is 0.349 e. The molecule has 2 rings (SSSR count). The van der Waals surface area contributed by atoms with E-state index in [9.17, 15) is 0 Å². The molecule has 1 aliphatic rings. The Morgan fingerprint density at radius 2 is 1.71 bits per heavy atom. The lowest BCUT2D eigenvalue weighted by Crippen LogP contribution is -2.08. The Bertz CT molecular complexity index is 456. The molecule has 1 heteroatoms. The Balaban J connectivity index is 2.40. The summed E-state index contributed by atoms with van der Waals surface area (Å²) in [5.74, 6) is 3.52. The fraction of sp³-hybridized carbons (Fsp3) is 0.500. The standard InChI is InChI=1S/C16H21N/c1-7-14-15(10(2)3)17(14)16-12(5)8-11(4)9-13(16)6/h1,8-10,14-15H,2-6H3/t14-,15+,17?/m0/s1. The smallest absolute Gasteiger partial charge is 0.111 e. The van der Waals surface area contributed by atoms with Crippen molar-refractivity contribution in [2.75, 3.05) is 4.90 Å². The molecule has 0 bridgehead atoms. The summed E-state index contributed by atoms with van der Waals surface area (Å²) in [6.45, 7) is 11.0. The van der Waals surface area contributed by atoms with Crippen molar-refractivity contribution in [2.24, 2.45) is 5.92 Å². The van der Waals surface area contributed by atoms with Crippen LogP contribution in [-0.4, -0.2) is 12.1 Å². The second-order valence-electron chi connectivity index (χ2n) is 5.50. The maximum Gasteiger partial charge on any atom is 0.111 e. The number of anilines is 1. The Morgan fingerprint density at radius 1 is 1.18 bits per heavy atom. The van der Waals surface area contributed by atoms with Crippen molar-refractivity contribution in [1.29, 1.82) is 0 Å². The highest BCUT2D eigenvalue weighted by atomic mass is 15.4. The zero-order valence-corrected chi connectivity index (χ0v) is 11.4. The van der Waals surface area contributed by atoms with E-state index in [1.165, 1.54) is 22.4 Å². The van der Waals surface area contributed by atoms with Gasteiger partial charge in [-0.15, -0.1) is 6.42 Å². The first-order valence-corrected chi connectivity index (χ1v) is 6.29. The number of rotatable bonds is 2. The molecule has 2 atom stereocenters. The van der Waals surface area contributed by atoms with Crippen LogP contribution in [0, 0.1) is 39.0 Å². The molecule has 1 saturated heterocycles. The normalized spacial score (nSPS) is 22.8. The summed E-state index contributed by atoms with van der Waals surface area (Å²) in [5.41, 5.74) is 5.35. The van der Waals surface area contributed by atoms with Crippen LogP contribution in [0.5, 0.6) is 0 Å². The van der Waals surface area contributed by atoms with Gasteiger partial charge in [0.1, 0.15) is 6.04 Å². The molecule has 1 fully saturated rings. The quantitative estimate of drug-likeness (QED) is 0.552. The zero-order valence-electron chi connectivity index (χ0n) is 11.4. The van der Waals surface area contributed by atoms with Gasteiger partial charge in [-0.2, -0.15) is 0 Å². The van der Waals surface area contributed by atoms with Gasteiger partial charge in [-0.05, 0) is 37.8 Å². The molecule has 1 aliphatic heterocycles. The highest BCUT2D eigenvalue weighted by molar-refractivity contribution is 5.68. The SMILES string of the molecule is C#C[C@H]1[C@@H](C(C)C)N1c1c(C)cc(C)cc1C. The third-order valence-corrected chi connectivity index (χ3v) is 3.60. The molecule has 1 aromatic rings. The van der Waals surface area contributed by atoms with E-state index in [2.05, 4.69) is 57.6 Å². The first-order valence-electron chi connectivity index (χ1n) is 6.29. The number of hydrogen-bond donors (Lipinski definition) is 0. The van der Waals surface area contributed by atoms with Crippen LogP contribution in [-0.2, 0) is 0 Å². The molecule has 0 amide bonds. The van der Waals surface area contributed by atoms with E-state index < -0.39 is 0 Å². The fourth-order valence-electron chi connectivity index (χ4n) is 2.98. The molecule has 0 spiro atoms. The van der Waals surface area contributed by atoms with Crippen molar-refractivity contribution in [3.63, 3.8) is 0 Å². The maximum atomic E-state index is 5.63. The summed E-state index contributed by atoms with van der Waals surface area (Å²) in [5, 5.41) is 0. The summed E-state index contributed by atoms with van der Waals surface area (Å²) in [6.07, 6.45) is 5.63. The summed E-state index contributed by atoms with van der Waals surface area (Å²) in [4.78, 5) is 2.40. The second kappa shape index (κ2) is 4.11. The third-order valence-electron chi connectivity index (χ3n) is 3.60. The Hall–Kier alpha value is -1.42. The molecule has 0 unspecified atom stereocenters. The molecule has 0 aromatic heterocycles. The van der Waals surface area contributed by atoms with Crippen LogP contribution in [0.25, 0.3) is 0 Å². The van der Waals surface area contributed by atoms with Crippen LogP contribution < -0.4 is 4.90 Å². The van der Waals surface area contributed by atoms with Gasteiger partial charge in [-0.1, -0.05) is 37.5 Å². The van der Waals surface area contributed by atoms with E-state index in [4.69, 9.17) is 6.42 Å². The average Bonchev–Trinajstić information content (AvgIpc) is 2.90. The lowest BCUT2D eigenvalue weighted by Gasteiger charge is -2.15. The molecule has 1 heterocycles. The van der Waals surface area contributed by atoms with Crippen molar-refractivity contribution in [3.05, 3.63) is 28.8 Å². The maximum absolute atomic E-state index is 5.63. The Labute approximate surface area is 105 Å². The van der Waals surface area contributed by atoms with Gasteiger partial charge in [0.2, 0.25) is 0 Å². The number of hydrogen-bond acceptors (Lipinski definition) is 1. The predicted molar refractivity (Wildman–Crippen MR) is 74.4 cm³/mol. The van der Waals surface area contributed by atoms with Gasteiger partial charge in [0.05, 0.1) is 6.04 Å². The van der Waals surface area contributed by atoms with Gasteiger partial charge in [0.15, 0.2) is 0 Å². The molecule has 0 radical (unpaired) electrons. The van der Waals surface area contributed by atoms with Gasteiger partial charge in [0, 0.05) is 5.69 Å². The molecule has 17 heavy (non-hydrogen) atoms. The van der Waals surface area contributed by atoms with Crippen LogP contribution in [0.3, 0.4) is 0 Å². The number of aryl methyl sites for hydroxylation is 3. The van der Waals surface area contributed by atoms with Crippen LogP contribution in [0.2, 0.25) is 0 Å². The van der Waals surface area contributed by atoms with Crippen molar-refractivity contribution in [3.8, 4) is 12.3 Å². The van der Waals surface area contributed by atoms with Gasteiger partial charge in [-0.25, -0.2) is 0 Å². The molecule has 1 nitrogen and oxygen atoms in total. The molecule has 0 saturated carbocycles. The predicted octanol–water partition coefficient (Wildman–Crippen LogP) is 3.46. The first kappa shape index (κ1) is 12.0. The van der Waals surface area contributed by atoms with E-state index >= 15 is 0 Å². The number of terminal acetylenes is 1. The molecule has 90 valence electrons. The van der Waals surface area contributed by atoms with Gasteiger partial charge >= 0.3 is 0 Å². The Kier molecular flexibility index (Phi) is 2.91. The number of nitrogens with zero attached hydrogens (tertiary/aromatic N) is 1. The van der Waals surface area contributed by atoms with Crippen molar-refractivity contribution in [2.45, 2.75) is 46.7 Å². The second-order valence-corrected chi connectivity index (χ2v) is 5.50. The Morgan fingerprint density at radius 3 is 2.06 bits per heavy atom. The van der Waals surface area contributed by atoms with E-state index in [1.807, 2.05) is 0 Å². The highest BCUT2D eigenvalue weighted by Crippen LogP contribution is 2.42. The highest BCUT2D eigenvalue weighted by Gasteiger charge is 2.49. The molecule has 1 aromatic carbocycles. The van der Waals surface area contributed by atoms with Crippen molar-refractivity contribution in [1.82, 2.24) is 0 Å². The average molecular weight is 227 g/mol. The van der Waals surface area contributed by atoms with E-state index in [0.717, 1.165) is 0 Å². The van der Waals surface area contributed by atoms with Crippen LogP contribution in [0.4, 0.5) is 5.69 Å². The van der Waals surface area contributed by atoms with Crippen LogP contribution in [0.1, 0.15) is 30.5 Å². The third kappa shape index (κ3) is 1.93. The molecular formula is C16H21N. The van der Waals surface area contributed by atoms with Gasteiger partial charge in [-0.3, -0.25) is 0 Å². The molecular weight excluding hydrogens is 206 g/mol. The van der Waals surface area contributed by atoms with E-state index in [1.54, 1.807) is 0 Å². The van der Waals surface area contributed by atoms with Crippen molar-refractivity contribution < 1.29 is 0 Å². The van der Waals surface area contributed by atoms with E-state index in [-0.39, 0.29) is 6.04 Å². The fourth-order valence-corrected chi connectivity index (χ4v) is 2.98. The minimum absolute atomic E-state index is 0.287. The lowest BCUT2D eigenvalue weighted by molar-refractivity contribution is 0.638. The lowest BCUT2D eigenvalue weighted by atomic mass is 10.0. The van der Waals surface area contributed by atoms with Crippen molar-refractivity contribution >= 4 is 5.69 Å². The van der Waals surface area contributed by atoms with Gasteiger partial charge in [0.25, 0.3) is 0 Å². The minimum Gasteiger partial charge on any atom is -0.349 e. The minimum atomic E-state index is 0.287. The molecule has 0 N–H and O–H groups in total. The first-order chi connectivity index (χ1) is 7.97. The summed E-state index contributed by atoms with van der Waals surface area (Å²) in [7, 11) is 0. The molecule has 0 aliphatic carbocycles. The van der Waals surface area contributed by atoms with E-state index in [0.29, 0.717) is 12.0 Å². The number of benzene rings is 1. The van der Waals surface area contributed by atoms with Gasteiger partial charge < -0.3 is 4.90 Å². The topological polar surface area (TPSA) is 3.01 Å². The summed E-state index contributed by atoms with van der Waals surface area (Å²) < 4.78 is 0. The van der Waals surface area contributed by atoms with Crippen LogP contribution in [0.15, 0.2) is 12.1 Å². The summed E-state index contributed by atoms with van der Waals surface area (Å²) >= 11 is 0.